The van der Waals surface area contributed by atoms with Gasteiger partial charge in [-0.2, -0.15) is 5.10 Å². The Hall–Kier alpha value is -1.84. The van der Waals surface area contributed by atoms with Crippen LogP contribution in [-0.4, -0.2) is 14.9 Å². The highest BCUT2D eigenvalue weighted by Crippen LogP contribution is 2.08. The van der Waals surface area contributed by atoms with Gasteiger partial charge in [-0.25, -0.2) is 4.39 Å². The lowest BCUT2D eigenvalue weighted by atomic mass is 10.2. The van der Waals surface area contributed by atoms with Gasteiger partial charge in [0.05, 0.1) is 18.9 Å². The summed E-state index contributed by atoms with van der Waals surface area (Å²) in [4.78, 5) is 0. The highest BCUT2D eigenvalue weighted by molar-refractivity contribution is 5.17. The van der Waals surface area contributed by atoms with Crippen molar-refractivity contribution in [2.75, 3.05) is 0 Å². The summed E-state index contributed by atoms with van der Waals surface area (Å²) >= 11 is 0. The first-order valence-electron chi connectivity index (χ1n) is 4.20. The minimum atomic E-state index is -0.253. The van der Waals surface area contributed by atoms with Gasteiger partial charge in [0.25, 0.3) is 0 Å². The zero-order valence-electron chi connectivity index (χ0n) is 7.39. The van der Waals surface area contributed by atoms with Gasteiger partial charge < -0.3 is 5.11 Å². The van der Waals surface area contributed by atoms with Crippen LogP contribution in [0.4, 0.5) is 4.39 Å². The van der Waals surface area contributed by atoms with Crippen LogP contribution in [-0.2, 0) is 6.54 Å². The maximum atomic E-state index is 12.6. The molecule has 0 saturated carbocycles. The van der Waals surface area contributed by atoms with Crippen molar-refractivity contribution in [1.29, 1.82) is 0 Å². The van der Waals surface area contributed by atoms with Crippen LogP contribution in [0.25, 0.3) is 0 Å². The molecule has 1 N–H and O–H groups in total. The van der Waals surface area contributed by atoms with E-state index in [1.54, 1.807) is 16.8 Å². The molecule has 1 heterocycles. The van der Waals surface area contributed by atoms with Gasteiger partial charge in [-0.3, -0.25) is 4.68 Å². The third-order valence-electron chi connectivity index (χ3n) is 1.88. The molecular weight excluding hydrogens is 183 g/mol. The van der Waals surface area contributed by atoms with E-state index in [-0.39, 0.29) is 11.6 Å². The second-order valence-electron chi connectivity index (χ2n) is 3.02. The van der Waals surface area contributed by atoms with Crippen molar-refractivity contribution >= 4 is 0 Å². The van der Waals surface area contributed by atoms with Gasteiger partial charge >= 0.3 is 0 Å². The van der Waals surface area contributed by atoms with E-state index in [0.29, 0.717) is 6.54 Å². The van der Waals surface area contributed by atoms with Crippen LogP contribution in [0.15, 0.2) is 36.7 Å². The first kappa shape index (κ1) is 8.74. The maximum Gasteiger partial charge on any atom is 0.153 e. The summed E-state index contributed by atoms with van der Waals surface area (Å²) in [6.07, 6.45) is 2.88. The van der Waals surface area contributed by atoms with Crippen LogP contribution < -0.4 is 0 Å². The molecule has 72 valence electrons. The largest absolute Gasteiger partial charge is 0.505 e. The number of benzene rings is 1. The van der Waals surface area contributed by atoms with E-state index in [9.17, 15) is 4.39 Å². The third kappa shape index (κ3) is 1.90. The molecule has 0 saturated heterocycles. The van der Waals surface area contributed by atoms with E-state index in [4.69, 9.17) is 5.11 Å². The van der Waals surface area contributed by atoms with Crippen molar-refractivity contribution in [3.8, 4) is 5.75 Å². The minimum Gasteiger partial charge on any atom is -0.505 e. The fourth-order valence-electron chi connectivity index (χ4n) is 1.22. The molecule has 0 aliphatic heterocycles. The van der Waals surface area contributed by atoms with E-state index in [1.165, 1.54) is 24.5 Å². The van der Waals surface area contributed by atoms with Gasteiger partial charge in [0, 0.05) is 0 Å². The standard InChI is InChI=1S/C10H9FN2O/c11-9-3-1-8(2-4-9)6-13-7-10(14)5-12-13/h1-5,7,14H,6H2. The number of hydrogen-bond acceptors (Lipinski definition) is 2. The molecule has 3 nitrogen and oxygen atoms in total. The maximum absolute atomic E-state index is 12.6. The Kier molecular flexibility index (Phi) is 2.18. The Morgan fingerprint density at radius 1 is 1.29 bits per heavy atom. The molecule has 0 amide bonds. The molecule has 0 spiro atoms. The predicted molar refractivity (Wildman–Crippen MR) is 49.4 cm³/mol. The molecule has 0 aliphatic rings. The zero-order valence-corrected chi connectivity index (χ0v) is 7.39. The molecule has 4 heteroatoms. The van der Waals surface area contributed by atoms with Crippen molar-refractivity contribution in [2.24, 2.45) is 0 Å². The first-order chi connectivity index (χ1) is 6.74. The van der Waals surface area contributed by atoms with Crippen molar-refractivity contribution < 1.29 is 9.50 Å². The monoisotopic (exact) mass is 192 g/mol. The average molecular weight is 192 g/mol. The molecule has 0 radical (unpaired) electrons. The van der Waals surface area contributed by atoms with Gasteiger partial charge in [-0.1, -0.05) is 12.1 Å². The fraction of sp³-hybridized carbons (Fsp3) is 0.100. The molecular formula is C10H9FN2O. The summed E-state index contributed by atoms with van der Waals surface area (Å²) < 4.78 is 14.2. The van der Waals surface area contributed by atoms with E-state index in [2.05, 4.69) is 5.10 Å². The molecule has 0 unspecified atom stereocenters. The van der Waals surface area contributed by atoms with E-state index >= 15 is 0 Å². The first-order valence-corrected chi connectivity index (χ1v) is 4.20. The fourth-order valence-corrected chi connectivity index (χ4v) is 1.22. The number of nitrogens with zero attached hydrogens (tertiary/aromatic N) is 2. The molecule has 2 aromatic rings. The Labute approximate surface area is 80.4 Å². The van der Waals surface area contributed by atoms with Gasteiger partial charge in [0.15, 0.2) is 5.75 Å². The summed E-state index contributed by atoms with van der Waals surface area (Å²) in [7, 11) is 0. The number of aromatic nitrogens is 2. The van der Waals surface area contributed by atoms with Gasteiger partial charge in [-0.15, -0.1) is 0 Å². The molecule has 14 heavy (non-hydrogen) atoms. The molecule has 2 rings (SSSR count). The number of halogens is 1. The average Bonchev–Trinajstić information content (AvgIpc) is 2.56. The van der Waals surface area contributed by atoms with Crippen LogP contribution in [0.3, 0.4) is 0 Å². The Bertz CT molecular complexity index is 422. The summed E-state index contributed by atoms with van der Waals surface area (Å²) in [6.45, 7) is 0.529. The smallest absolute Gasteiger partial charge is 0.153 e. The van der Waals surface area contributed by atoms with E-state index in [0.717, 1.165) is 5.56 Å². The molecule has 1 aromatic heterocycles. The number of rotatable bonds is 2. The van der Waals surface area contributed by atoms with Crippen molar-refractivity contribution in [1.82, 2.24) is 9.78 Å². The van der Waals surface area contributed by atoms with Crippen LogP contribution >= 0.6 is 0 Å². The number of aromatic hydroxyl groups is 1. The van der Waals surface area contributed by atoms with E-state index in [1.807, 2.05) is 0 Å². The third-order valence-corrected chi connectivity index (χ3v) is 1.88. The highest BCUT2D eigenvalue weighted by atomic mass is 19.1. The van der Waals surface area contributed by atoms with E-state index < -0.39 is 0 Å². The summed E-state index contributed by atoms with van der Waals surface area (Å²) in [6, 6.07) is 6.18. The van der Waals surface area contributed by atoms with Gasteiger partial charge in [0.1, 0.15) is 5.82 Å². The SMILES string of the molecule is Oc1cnn(Cc2ccc(F)cc2)c1. The van der Waals surface area contributed by atoms with Crippen molar-refractivity contribution in [3.05, 3.63) is 48.0 Å². The second kappa shape index (κ2) is 3.49. The molecule has 0 atom stereocenters. The summed E-state index contributed by atoms with van der Waals surface area (Å²) in [5.74, 6) is -0.121. The Balaban J connectivity index is 2.15. The normalized spacial score (nSPS) is 10.4. The van der Waals surface area contributed by atoms with Crippen LogP contribution in [0.2, 0.25) is 0 Å². The Morgan fingerprint density at radius 2 is 2.00 bits per heavy atom. The predicted octanol–water partition coefficient (Wildman–Crippen LogP) is 1.78. The molecule has 0 bridgehead atoms. The molecule has 0 aliphatic carbocycles. The summed E-state index contributed by atoms with van der Waals surface area (Å²) in [5, 5.41) is 12.9. The minimum absolute atomic E-state index is 0.132. The van der Waals surface area contributed by atoms with Crippen LogP contribution in [0.1, 0.15) is 5.56 Å². The van der Waals surface area contributed by atoms with Gasteiger partial charge in [-0.05, 0) is 17.7 Å². The second-order valence-corrected chi connectivity index (χ2v) is 3.02. The lowest BCUT2D eigenvalue weighted by molar-refractivity contribution is 0.474. The van der Waals surface area contributed by atoms with Crippen molar-refractivity contribution in [3.63, 3.8) is 0 Å². The van der Waals surface area contributed by atoms with Crippen molar-refractivity contribution in [2.45, 2.75) is 6.54 Å². The highest BCUT2D eigenvalue weighted by Gasteiger charge is 1.97. The topological polar surface area (TPSA) is 38.1 Å². The van der Waals surface area contributed by atoms with Gasteiger partial charge in [0.2, 0.25) is 0 Å². The molecule has 1 aromatic carbocycles. The van der Waals surface area contributed by atoms with Crippen LogP contribution in [0, 0.1) is 5.82 Å². The Morgan fingerprint density at radius 3 is 2.57 bits per heavy atom. The lowest BCUT2D eigenvalue weighted by Gasteiger charge is -2.00. The van der Waals surface area contributed by atoms with Crippen LogP contribution in [0.5, 0.6) is 5.75 Å². The molecule has 0 fully saturated rings. The quantitative estimate of drug-likeness (QED) is 0.787. The summed E-state index contributed by atoms with van der Waals surface area (Å²) in [5.41, 5.74) is 0.939. The number of hydrogen-bond donors (Lipinski definition) is 1. The lowest BCUT2D eigenvalue weighted by Crippen LogP contribution is -1.99. The zero-order chi connectivity index (χ0) is 9.97.